The average molecular weight is 260 g/mol. The molecule has 2 unspecified atom stereocenters. The molecule has 0 aromatic heterocycles. The van der Waals surface area contributed by atoms with Crippen LogP contribution in [0.2, 0.25) is 0 Å². The van der Waals surface area contributed by atoms with Crippen molar-refractivity contribution in [2.45, 2.75) is 45.2 Å². The monoisotopic (exact) mass is 260 g/mol. The Balaban J connectivity index is 1.62. The minimum atomic E-state index is 0.808. The lowest BCUT2D eigenvalue weighted by Gasteiger charge is -2.34. The van der Waals surface area contributed by atoms with E-state index in [0.717, 1.165) is 31.6 Å². The molecule has 0 bridgehead atoms. The number of likely N-dealkylation sites (N-methyl/N-ethyl adjacent to an activating group) is 1. The van der Waals surface area contributed by atoms with Crippen LogP contribution in [-0.2, 0) is 6.54 Å². The highest BCUT2D eigenvalue weighted by Crippen LogP contribution is 2.26. The van der Waals surface area contributed by atoms with Crippen LogP contribution >= 0.6 is 0 Å². The van der Waals surface area contributed by atoms with Gasteiger partial charge in [0.2, 0.25) is 0 Å². The molecule has 1 aliphatic carbocycles. The fourth-order valence-corrected chi connectivity index (χ4v) is 3.07. The summed E-state index contributed by atoms with van der Waals surface area (Å²) in [6, 6.07) is 11.4. The highest BCUT2D eigenvalue weighted by molar-refractivity contribution is 5.14. The van der Waals surface area contributed by atoms with Crippen LogP contribution in [0, 0.1) is 5.92 Å². The largest absolute Gasteiger partial charge is 0.311 e. The summed E-state index contributed by atoms with van der Waals surface area (Å²) in [7, 11) is 2.28. The molecular weight excluding hydrogens is 232 g/mol. The van der Waals surface area contributed by atoms with E-state index in [0.29, 0.717) is 0 Å². The minimum Gasteiger partial charge on any atom is -0.311 e. The van der Waals surface area contributed by atoms with Crippen molar-refractivity contribution in [1.82, 2.24) is 10.2 Å². The first-order chi connectivity index (χ1) is 9.25. The molecule has 1 N–H and O–H groups in total. The van der Waals surface area contributed by atoms with Gasteiger partial charge in [0.25, 0.3) is 0 Å². The molecule has 0 heterocycles. The Hall–Kier alpha value is -0.860. The molecule has 1 saturated carbocycles. The number of hydrogen-bond donors (Lipinski definition) is 1. The normalized spacial score (nSPS) is 23.7. The number of nitrogens with one attached hydrogen (secondary N) is 1. The van der Waals surface area contributed by atoms with Crippen LogP contribution in [0.25, 0.3) is 0 Å². The maximum Gasteiger partial charge on any atom is 0.0206 e. The second-order valence-corrected chi connectivity index (χ2v) is 6.07. The van der Waals surface area contributed by atoms with Crippen molar-refractivity contribution in [3.8, 4) is 0 Å². The van der Waals surface area contributed by atoms with Crippen molar-refractivity contribution in [1.29, 1.82) is 0 Å². The predicted octanol–water partition coefficient (Wildman–Crippen LogP) is 3.29. The molecule has 2 heteroatoms. The molecule has 1 aliphatic rings. The molecule has 1 aromatic rings. The SMILES string of the molecule is CC1CCCC(N(C)CCNCc2ccccc2)C1. The van der Waals surface area contributed by atoms with Crippen molar-refractivity contribution in [3.05, 3.63) is 35.9 Å². The lowest BCUT2D eigenvalue weighted by atomic mass is 9.86. The minimum absolute atomic E-state index is 0.808. The molecule has 1 aromatic carbocycles. The molecule has 0 saturated heterocycles. The third-order valence-corrected chi connectivity index (χ3v) is 4.35. The molecule has 2 rings (SSSR count). The maximum atomic E-state index is 3.54. The Labute approximate surface area is 118 Å². The van der Waals surface area contributed by atoms with Gasteiger partial charge in [0, 0.05) is 25.7 Å². The molecule has 0 spiro atoms. The summed E-state index contributed by atoms with van der Waals surface area (Å²) >= 11 is 0. The van der Waals surface area contributed by atoms with Gasteiger partial charge in [0.15, 0.2) is 0 Å². The number of hydrogen-bond acceptors (Lipinski definition) is 2. The van der Waals surface area contributed by atoms with Gasteiger partial charge >= 0.3 is 0 Å². The molecule has 0 amide bonds. The van der Waals surface area contributed by atoms with Gasteiger partial charge in [-0.3, -0.25) is 0 Å². The summed E-state index contributed by atoms with van der Waals surface area (Å²) in [5, 5.41) is 3.54. The fraction of sp³-hybridized carbons (Fsp3) is 0.647. The van der Waals surface area contributed by atoms with Crippen molar-refractivity contribution < 1.29 is 0 Å². The zero-order chi connectivity index (χ0) is 13.5. The number of rotatable bonds is 6. The van der Waals surface area contributed by atoms with Gasteiger partial charge in [0.05, 0.1) is 0 Å². The van der Waals surface area contributed by atoms with Gasteiger partial charge in [0.1, 0.15) is 0 Å². The molecule has 0 aliphatic heterocycles. The molecule has 2 nitrogen and oxygen atoms in total. The van der Waals surface area contributed by atoms with Gasteiger partial charge in [-0.2, -0.15) is 0 Å². The standard InChI is InChI=1S/C17H28N2/c1-15-7-6-10-17(13-15)19(2)12-11-18-14-16-8-4-3-5-9-16/h3-5,8-9,15,17-18H,6-7,10-14H2,1-2H3. The van der Waals surface area contributed by atoms with Crippen LogP contribution in [0.4, 0.5) is 0 Å². The third kappa shape index (κ3) is 4.96. The Kier molecular flexibility index (Phi) is 5.87. The van der Waals surface area contributed by atoms with Crippen molar-refractivity contribution in [2.75, 3.05) is 20.1 Å². The fourth-order valence-electron chi connectivity index (χ4n) is 3.07. The molecule has 0 radical (unpaired) electrons. The van der Waals surface area contributed by atoms with E-state index in [1.54, 1.807) is 0 Å². The third-order valence-electron chi connectivity index (χ3n) is 4.35. The summed E-state index contributed by atoms with van der Waals surface area (Å²) in [4.78, 5) is 2.55. The second kappa shape index (κ2) is 7.66. The summed E-state index contributed by atoms with van der Waals surface area (Å²) in [5.74, 6) is 0.915. The Morgan fingerprint density at radius 1 is 1.21 bits per heavy atom. The van der Waals surface area contributed by atoms with E-state index in [9.17, 15) is 0 Å². The van der Waals surface area contributed by atoms with Crippen molar-refractivity contribution in [3.63, 3.8) is 0 Å². The first-order valence-electron chi connectivity index (χ1n) is 7.70. The summed E-state index contributed by atoms with van der Waals surface area (Å²) < 4.78 is 0. The second-order valence-electron chi connectivity index (χ2n) is 6.07. The maximum absolute atomic E-state index is 3.54. The first-order valence-corrected chi connectivity index (χ1v) is 7.70. The summed E-state index contributed by atoms with van der Waals surface area (Å²) in [6.07, 6.45) is 5.61. The van der Waals surface area contributed by atoms with Gasteiger partial charge in [-0.25, -0.2) is 0 Å². The lowest BCUT2D eigenvalue weighted by molar-refractivity contribution is 0.164. The van der Waals surface area contributed by atoms with Gasteiger partial charge < -0.3 is 10.2 Å². The highest BCUT2D eigenvalue weighted by atomic mass is 15.1. The van der Waals surface area contributed by atoms with Crippen LogP contribution in [0.15, 0.2) is 30.3 Å². The quantitative estimate of drug-likeness (QED) is 0.790. The van der Waals surface area contributed by atoms with E-state index >= 15 is 0 Å². The van der Waals surface area contributed by atoms with E-state index < -0.39 is 0 Å². The van der Waals surface area contributed by atoms with Crippen LogP contribution in [0.5, 0.6) is 0 Å². The number of benzene rings is 1. The van der Waals surface area contributed by atoms with E-state index in [1.807, 2.05) is 0 Å². The van der Waals surface area contributed by atoms with Crippen LogP contribution in [0.1, 0.15) is 38.2 Å². The topological polar surface area (TPSA) is 15.3 Å². The lowest BCUT2D eigenvalue weighted by Crippen LogP contribution is -2.39. The highest BCUT2D eigenvalue weighted by Gasteiger charge is 2.21. The van der Waals surface area contributed by atoms with Crippen LogP contribution < -0.4 is 5.32 Å². The Morgan fingerprint density at radius 3 is 2.74 bits per heavy atom. The van der Waals surface area contributed by atoms with E-state index in [-0.39, 0.29) is 0 Å². The molecule has 19 heavy (non-hydrogen) atoms. The van der Waals surface area contributed by atoms with Gasteiger partial charge in [-0.05, 0) is 31.4 Å². The zero-order valence-electron chi connectivity index (χ0n) is 12.4. The zero-order valence-corrected chi connectivity index (χ0v) is 12.4. The molecular formula is C17H28N2. The van der Waals surface area contributed by atoms with E-state index in [1.165, 1.54) is 31.2 Å². The van der Waals surface area contributed by atoms with E-state index in [4.69, 9.17) is 0 Å². The van der Waals surface area contributed by atoms with Crippen LogP contribution in [0.3, 0.4) is 0 Å². The predicted molar refractivity (Wildman–Crippen MR) is 82.2 cm³/mol. The average Bonchev–Trinajstić information content (AvgIpc) is 2.44. The van der Waals surface area contributed by atoms with Crippen molar-refractivity contribution >= 4 is 0 Å². The Morgan fingerprint density at radius 2 is 2.00 bits per heavy atom. The van der Waals surface area contributed by atoms with E-state index in [2.05, 4.69) is 54.5 Å². The number of nitrogens with zero attached hydrogens (tertiary/aromatic N) is 1. The van der Waals surface area contributed by atoms with Crippen molar-refractivity contribution in [2.24, 2.45) is 5.92 Å². The molecule has 106 valence electrons. The Bertz CT molecular complexity index is 350. The smallest absolute Gasteiger partial charge is 0.0206 e. The molecule has 1 fully saturated rings. The van der Waals surface area contributed by atoms with Crippen LogP contribution in [-0.4, -0.2) is 31.1 Å². The first kappa shape index (κ1) is 14.5. The molecule has 2 atom stereocenters. The van der Waals surface area contributed by atoms with Gasteiger partial charge in [-0.1, -0.05) is 50.1 Å². The summed E-state index contributed by atoms with van der Waals surface area (Å²) in [5.41, 5.74) is 1.37. The van der Waals surface area contributed by atoms with Gasteiger partial charge in [-0.15, -0.1) is 0 Å². The summed E-state index contributed by atoms with van der Waals surface area (Å²) in [6.45, 7) is 5.61.